The molecule has 0 aliphatic carbocycles. The van der Waals surface area contributed by atoms with Crippen LogP contribution in [0.15, 0.2) is 24.3 Å². The van der Waals surface area contributed by atoms with E-state index < -0.39 is 29.1 Å². The number of carbonyl (C=O) groups is 2. The van der Waals surface area contributed by atoms with Crippen LogP contribution in [0.5, 0.6) is 0 Å². The van der Waals surface area contributed by atoms with Crippen LogP contribution in [0.3, 0.4) is 0 Å². The van der Waals surface area contributed by atoms with E-state index in [2.05, 4.69) is 10.3 Å². The fourth-order valence-corrected chi connectivity index (χ4v) is 2.38. The minimum Gasteiger partial charge on any atom is -0.337 e. The maximum atomic E-state index is 14.1. The molecule has 2 aromatic rings. The lowest BCUT2D eigenvalue weighted by Crippen LogP contribution is -2.28. The molecule has 0 saturated heterocycles. The van der Waals surface area contributed by atoms with Gasteiger partial charge in [-0.3, -0.25) is 19.6 Å². The molecule has 0 atom stereocenters. The summed E-state index contributed by atoms with van der Waals surface area (Å²) in [5.74, 6) is -3.66. The highest BCUT2D eigenvalue weighted by Gasteiger charge is 2.19. The van der Waals surface area contributed by atoms with Gasteiger partial charge in [0.2, 0.25) is 5.91 Å². The molecular weight excluding hydrogens is 491 g/mol. The van der Waals surface area contributed by atoms with Crippen molar-refractivity contribution in [1.29, 1.82) is 5.26 Å². The normalized spacial score (nSPS) is 10.1. The summed E-state index contributed by atoms with van der Waals surface area (Å²) in [4.78, 5) is 31.6. The van der Waals surface area contributed by atoms with Gasteiger partial charge in [0.1, 0.15) is 17.7 Å². The molecule has 0 aliphatic rings. The van der Waals surface area contributed by atoms with Crippen LogP contribution in [0.1, 0.15) is 22.5 Å². The zero-order chi connectivity index (χ0) is 20.7. The van der Waals surface area contributed by atoms with Crippen LogP contribution in [0.2, 0.25) is 0 Å². The number of amides is 2. The van der Waals surface area contributed by atoms with Gasteiger partial charge in [-0.1, -0.05) is 0 Å². The number of halogens is 3. The Morgan fingerprint density at radius 3 is 2.68 bits per heavy atom. The molecule has 0 radical (unpaired) electrons. The first-order valence-corrected chi connectivity index (χ1v) is 8.61. The number of nitrogens with zero attached hydrogens (tertiary/aromatic N) is 2. The molecule has 1 heterocycles. The van der Waals surface area contributed by atoms with Gasteiger partial charge >= 0.3 is 0 Å². The molecule has 0 saturated carbocycles. The summed E-state index contributed by atoms with van der Waals surface area (Å²) in [6, 6.07) is 6.49. The smallest absolute Gasteiger partial charge is 0.278 e. The summed E-state index contributed by atoms with van der Waals surface area (Å²) in [5, 5.41) is 19.8. The van der Waals surface area contributed by atoms with Gasteiger partial charge in [-0.05, 0) is 46.9 Å². The van der Waals surface area contributed by atoms with Crippen molar-refractivity contribution in [3.8, 4) is 6.07 Å². The Balaban J connectivity index is 2.25. The van der Waals surface area contributed by atoms with Gasteiger partial charge in [0.25, 0.3) is 5.91 Å². The van der Waals surface area contributed by atoms with E-state index in [1.807, 2.05) is 28.1 Å². The summed E-state index contributed by atoms with van der Waals surface area (Å²) in [7, 11) is 0. The molecular formula is C16H12F2IN5O4. The molecule has 2 rings (SSSR count). The fourth-order valence-electron chi connectivity index (χ4n) is 1.93. The van der Waals surface area contributed by atoms with Crippen molar-refractivity contribution >= 4 is 45.9 Å². The number of hydroxylamine groups is 2. The first-order valence-electron chi connectivity index (χ1n) is 7.53. The third-order valence-corrected chi connectivity index (χ3v) is 3.90. The van der Waals surface area contributed by atoms with E-state index in [-0.39, 0.29) is 30.1 Å². The van der Waals surface area contributed by atoms with Crippen LogP contribution in [0.25, 0.3) is 0 Å². The fraction of sp³-hybridized carbons (Fsp3) is 0.125. The standard InChI is InChI=1S/C16H12F2IN5O4/c17-10-5-8(19)1-2-12(10)21-15-9(6-11(18)13(7-20)22-15)16(26)24-28-4-3-14(25)23-27/h1-2,5-6,27H,3-4H2,(H,21,22)(H,23,25)(H,24,26). The number of rotatable bonds is 7. The maximum Gasteiger partial charge on any atom is 0.278 e. The molecule has 12 heteroatoms. The summed E-state index contributed by atoms with van der Waals surface area (Å²) in [5.41, 5.74) is 2.35. The highest BCUT2D eigenvalue weighted by molar-refractivity contribution is 14.1. The Morgan fingerprint density at radius 1 is 1.29 bits per heavy atom. The van der Waals surface area contributed by atoms with Gasteiger partial charge in [-0.2, -0.15) is 5.26 Å². The van der Waals surface area contributed by atoms with Gasteiger partial charge in [0, 0.05) is 3.57 Å². The second-order valence-corrected chi connectivity index (χ2v) is 6.39. The van der Waals surface area contributed by atoms with Crippen LogP contribution >= 0.6 is 22.6 Å². The van der Waals surface area contributed by atoms with E-state index in [1.165, 1.54) is 23.7 Å². The number of hydrogen-bond acceptors (Lipinski definition) is 7. The number of aromatic nitrogens is 1. The number of nitriles is 1. The van der Waals surface area contributed by atoms with E-state index in [0.717, 1.165) is 6.07 Å². The first-order chi connectivity index (χ1) is 13.3. The van der Waals surface area contributed by atoms with Crippen molar-refractivity contribution < 1.29 is 28.4 Å². The lowest BCUT2D eigenvalue weighted by molar-refractivity contribution is -0.130. The number of anilines is 2. The van der Waals surface area contributed by atoms with E-state index in [9.17, 15) is 18.4 Å². The van der Waals surface area contributed by atoms with Crippen LogP contribution < -0.4 is 16.3 Å². The molecule has 0 spiro atoms. The maximum absolute atomic E-state index is 14.1. The van der Waals surface area contributed by atoms with Crippen molar-refractivity contribution in [1.82, 2.24) is 15.9 Å². The Bertz CT molecular complexity index is 951. The van der Waals surface area contributed by atoms with Gasteiger partial charge in [-0.25, -0.2) is 24.7 Å². The number of carbonyl (C=O) groups excluding carboxylic acids is 2. The second kappa shape index (κ2) is 9.88. The predicted molar refractivity (Wildman–Crippen MR) is 99.3 cm³/mol. The predicted octanol–water partition coefficient (Wildman–Crippen LogP) is 2.14. The number of benzene rings is 1. The summed E-state index contributed by atoms with van der Waals surface area (Å²) < 4.78 is 28.6. The van der Waals surface area contributed by atoms with Gasteiger partial charge in [-0.15, -0.1) is 0 Å². The summed E-state index contributed by atoms with van der Waals surface area (Å²) in [6.07, 6.45) is -0.254. The highest BCUT2D eigenvalue weighted by Crippen LogP contribution is 2.24. The molecule has 1 aromatic heterocycles. The minimum atomic E-state index is -1.05. The van der Waals surface area contributed by atoms with Crippen LogP contribution in [-0.4, -0.2) is 28.6 Å². The van der Waals surface area contributed by atoms with Gasteiger partial charge in [0.05, 0.1) is 24.3 Å². The van der Waals surface area contributed by atoms with E-state index in [1.54, 1.807) is 6.07 Å². The molecule has 0 fully saturated rings. The van der Waals surface area contributed by atoms with E-state index in [0.29, 0.717) is 3.57 Å². The Hall–Kier alpha value is -2.89. The summed E-state index contributed by atoms with van der Waals surface area (Å²) >= 11 is 1.91. The topological polar surface area (TPSA) is 136 Å². The SMILES string of the molecule is N#Cc1nc(Nc2ccc(I)cc2F)c(C(=O)NOCCC(=O)NO)cc1F. The van der Waals surface area contributed by atoms with Crippen molar-refractivity contribution in [2.75, 3.05) is 11.9 Å². The Labute approximate surface area is 170 Å². The number of nitrogens with one attached hydrogen (secondary N) is 3. The number of hydrogen-bond donors (Lipinski definition) is 4. The third kappa shape index (κ3) is 5.55. The third-order valence-electron chi connectivity index (χ3n) is 3.23. The average Bonchev–Trinajstić information content (AvgIpc) is 2.67. The minimum absolute atomic E-state index is 0.0435. The molecule has 28 heavy (non-hydrogen) atoms. The molecule has 1 aromatic carbocycles. The summed E-state index contributed by atoms with van der Waals surface area (Å²) in [6.45, 7) is -0.279. The van der Waals surface area contributed by atoms with E-state index >= 15 is 0 Å². The Kier molecular flexibility index (Phi) is 7.55. The quantitative estimate of drug-likeness (QED) is 0.197. The molecule has 2 amide bonds. The van der Waals surface area contributed by atoms with Crippen LogP contribution in [0, 0.1) is 26.5 Å². The first kappa shape index (κ1) is 21.4. The van der Waals surface area contributed by atoms with Crippen LogP contribution in [0.4, 0.5) is 20.3 Å². The zero-order valence-corrected chi connectivity index (χ0v) is 16.1. The van der Waals surface area contributed by atoms with Gasteiger partial charge in [0.15, 0.2) is 11.5 Å². The van der Waals surface area contributed by atoms with E-state index in [4.69, 9.17) is 15.3 Å². The molecule has 0 unspecified atom stereocenters. The lowest BCUT2D eigenvalue weighted by atomic mass is 10.2. The molecule has 146 valence electrons. The molecule has 4 N–H and O–H groups in total. The van der Waals surface area contributed by atoms with Crippen molar-refractivity contribution in [2.24, 2.45) is 0 Å². The second-order valence-electron chi connectivity index (χ2n) is 5.14. The largest absolute Gasteiger partial charge is 0.337 e. The average molecular weight is 503 g/mol. The highest BCUT2D eigenvalue weighted by atomic mass is 127. The molecule has 0 bridgehead atoms. The Morgan fingerprint density at radius 2 is 2.04 bits per heavy atom. The molecule has 9 nitrogen and oxygen atoms in total. The van der Waals surface area contributed by atoms with Crippen molar-refractivity contribution in [3.63, 3.8) is 0 Å². The van der Waals surface area contributed by atoms with Crippen LogP contribution in [-0.2, 0) is 9.63 Å². The zero-order valence-electron chi connectivity index (χ0n) is 13.9. The number of pyridine rings is 1. The van der Waals surface area contributed by atoms with Crippen molar-refractivity contribution in [2.45, 2.75) is 6.42 Å². The lowest BCUT2D eigenvalue weighted by Gasteiger charge is -2.13. The van der Waals surface area contributed by atoms with Gasteiger partial charge < -0.3 is 5.32 Å². The molecule has 0 aliphatic heterocycles. The monoisotopic (exact) mass is 503 g/mol. The van der Waals surface area contributed by atoms with Crippen molar-refractivity contribution in [3.05, 3.63) is 50.7 Å².